The highest BCUT2D eigenvalue weighted by atomic mass is 32.2. The van der Waals surface area contributed by atoms with E-state index in [0.29, 0.717) is 0 Å². The summed E-state index contributed by atoms with van der Waals surface area (Å²) in [4.78, 5) is 0.204. The van der Waals surface area contributed by atoms with Crippen LogP contribution in [-0.4, -0.2) is 15.5 Å². The normalized spacial score (nSPS) is 11.7. The highest BCUT2D eigenvalue weighted by Crippen LogP contribution is 2.10. The predicted molar refractivity (Wildman–Crippen MR) is 36.2 cm³/mol. The van der Waals surface area contributed by atoms with Gasteiger partial charge >= 0.3 is 0 Å². The molecule has 0 aliphatic rings. The first-order valence-corrected chi connectivity index (χ1v) is 4.10. The summed E-state index contributed by atoms with van der Waals surface area (Å²) in [6.07, 6.45) is 0. The van der Waals surface area contributed by atoms with Crippen LogP contribution in [0.15, 0.2) is 29.2 Å². The van der Waals surface area contributed by atoms with Crippen LogP contribution in [0, 0.1) is 0 Å². The van der Waals surface area contributed by atoms with Crippen LogP contribution in [0.3, 0.4) is 0 Å². The Kier molecular flexibility index (Phi) is 1.82. The Morgan fingerprint density at radius 3 is 2.70 bits per heavy atom. The molecule has 0 amide bonds. The monoisotopic (exact) mass is 159 g/mol. The molecule has 0 spiro atoms. The van der Waals surface area contributed by atoms with Crippen molar-refractivity contribution < 1.29 is 12.6 Å². The predicted octanol–water partition coefficient (Wildman–Crippen LogP) is 0.741. The van der Waals surface area contributed by atoms with E-state index in [9.17, 15) is 8.42 Å². The van der Waals surface area contributed by atoms with Crippen molar-refractivity contribution in [3.05, 3.63) is 24.3 Å². The molecule has 1 aromatic carbocycles. The molecule has 1 aromatic rings. The highest BCUT2D eigenvalue weighted by Gasteiger charge is 2.02. The van der Waals surface area contributed by atoms with Gasteiger partial charge in [-0.3, -0.25) is 4.18 Å². The average Bonchev–Trinajstić information content (AvgIpc) is 2.38. The lowest BCUT2D eigenvalue weighted by atomic mass is 10.7. The molecule has 0 radical (unpaired) electrons. The summed E-state index contributed by atoms with van der Waals surface area (Å²) in [5.74, 6) is 0. The molecule has 10 heavy (non-hydrogen) atoms. The zero-order chi connectivity index (χ0) is 7.61. The smallest absolute Gasteiger partial charge is 0.238 e. The fraction of sp³-hybridized carbons (Fsp3) is 0.167. The third-order valence-corrected chi connectivity index (χ3v) is 2.43. The number of hydrogen-bond donors (Lipinski definition) is 0. The Hall–Kier alpha value is -0.740. The van der Waals surface area contributed by atoms with Gasteiger partial charge in [-0.05, 0) is 0 Å². The van der Waals surface area contributed by atoms with Crippen LogP contribution in [0.25, 0.3) is 0 Å². The van der Waals surface area contributed by atoms with Gasteiger partial charge in [0, 0.05) is 0 Å². The number of hydrogen-bond acceptors (Lipinski definition) is 3. The van der Waals surface area contributed by atoms with E-state index in [-0.39, 0.29) is 4.90 Å². The van der Waals surface area contributed by atoms with Gasteiger partial charge in [0.05, 0.1) is 7.11 Å². The van der Waals surface area contributed by atoms with Gasteiger partial charge in [0.15, 0.2) is 0 Å². The van der Waals surface area contributed by atoms with Crippen molar-refractivity contribution in [1.29, 1.82) is 0 Å². The van der Waals surface area contributed by atoms with E-state index in [4.69, 9.17) is 0 Å². The second-order valence-corrected chi connectivity index (χ2v) is 3.45. The van der Waals surface area contributed by atoms with Crippen LogP contribution in [0.1, 0.15) is 0 Å². The molecular formula is C6H7O3S-. The van der Waals surface area contributed by atoms with Crippen molar-refractivity contribution in [2.75, 3.05) is 7.11 Å². The zero-order valence-corrected chi connectivity index (χ0v) is 6.26. The van der Waals surface area contributed by atoms with E-state index < -0.39 is 10.1 Å². The molecule has 0 aliphatic heterocycles. The molecular weight excluding hydrogens is 152 g/mol. The first-order chi connectivity index (χ1) is 4.67. The van der Waals surface area contributed by atoms with Gasteiger partial charge < -0.3 is 0 Å². The fourth-order valence-electron chi connectivity index (χ4n) is 0.619. The van der Waals surface area contributed by atoms with Crippen molar-refractivity contribution in [1.82, 2.24) is 0 Å². The molecule has 0 heterocycles. The minimum Gasteiger partial charge on any atom is -0.280 e. The molecule has 1 rings (SSSR count). The van der Waals surface area contributed by atoms with E-state index in [1.807, 2.05) is 0 Å². The fourth-order valence-corrected chi connectivity index (χ4v) is 1.30. The molecule has 0 saturated carbocycles. The van der Waals surface area contributed by atoms with Crippen molar-refractivity contribution in [2.24, 2.45) is 0 Å². The molecule has 0 unspecified atom stereocenters. The molecule has 0 atom stereocenters. The van der Waals surface area contributed by atoms with Gasteiger partial charge in [-0.15, -0.1) is 0 Å². The lowest BCUT2D eigenvalue weighted by molar-refractivity contribution is 0.398. The molecule has 0 bridgehead atoms. The van der Waals surface area contributed by atoms with Gasteiger partial charge in [0.2, 0.25) is 10.1 Å². The van der Waals surface area contributed by atoms with Crippen LogP contribution < -0.4 is 0 Å². The summed E-state index contributed by atoms with van der Waals surface area (Å²) in [5, 5.41) is 0. The van der Waals surface area contributed by atoms with Gasteiger partial charge in [-0.1, -0.05) is 4.90 Å². The summed E-state index contributed by atoms with van der Waals surface area (Å²) < 4.78 is 25.9. The second-order valence-electron chi connectivity index (χ2n) is 1.74. The summed E-state index contributed by atoms with van der Waals surface area (Å²) in [6, 6.07) is 6.26. The lowest BCUT2D eigenvalue weighted by Crippen LogP contribution is -2.00. The lowest BCUT2D eigenvalue weighted by Gasteiger charge is -2.01. The summed E-state index contributed by atoms with van der Waals surface area (Å²) >= 11 is 0. The van der Waals surface area contributed by atoms with E-state index in [0.717, 1.165) is 7.11 Å². The van der Waals surface area contributed by atoms with E-state index in [1.165, 1.54) is 12.1 Å². The summed E-state index contributed by atoms with van der Waals surface area (Å²) in [6.45, 7) is 0. The average molecular weight is 159 g/mol. The van der Waals surface area contributed by atoms with Gasteiger partial charge in [0.25, 0.3) is 0 Å². The standard InChI is InChI=1S/C6H7O3S/c1-9-10(7,8)6-4-2-3-5-6/h2-5H,1H3/q-1. The molecule has 4 heteroatoms. The van der Waals surface area contributed by atoms with E-state index in [1.54, 1.807) is 12.1 Å². The van der Waals surface area contributed by atoms with Crippen LogP contribution in [0.5, 0.6) is 0 Å². The molecule has 3 nitrogen and oxygen atoms in total. The molecule has 0 N–H and O–H groups in total. The zero-order valence-electron chi connectivity index (χ0n) is 5.44. The highest BCUT2D eigenvalue weighted by molar-refractivity contribution is 7.86. The van der Waals surface area contributed by atoms with E-state index >= 15 is 0 Å². The third-order valence-electron chi connectivity index (χ3n) is 1.14. The van der Waals surface area contributed by atoms with E-state index in [2.05, 4.69) is 4.18 Å². The molecule has 56 valence electrons. The Balaban J connectivity index is 3.09. The van der Waals surface area contributed by atoms with Crippen LogP contribution in [0.2, 0.25) is 0 Å². The van der Waals surface area contributed by atoms with Gasteiger partial charge in [0.1, 0.15) is 0 Å². The molecule has 0 saturated heterocycles. The summed E-state index contributed by atoms with van der Waals surface area (Å²) in [7, 11) is -2.31. The SMILES string of the molecule is COS(=O)(=O)c1cc[cH-]c1. The van der Waals surface area contributed by atoms with Crippen LogP contribution in [-0.2, 0) is 14.3 Å². The second kappa shape index (κ2) is 2.48. The maximum absolute atomic E-state index is 10.8. The minimum absolute atomic E-state index is 0.204. The Labute approximate surface area is 59.7 Å². The van der Waals surface area contributed by atoms with Crippen LogP contribution in [0.4, 0.5) is 0 Å². The maximum atomic E-state index is 10.8. The van der Waals surface area contributed by atoms with Crippen molar-refractivity contribution in [2.45, 2.75) is 4.90 Å². The van der Waals surface area contributed by atoms with Crippen molar-refractivity contribution in [3.63, 3.8) is 0 Å². The summed E-state index contributed by atoms with van der Waals surface area (Å²) in [5.41, 5.74) is 0. The Bertz CT molecular complexity index is 283. The Morgan fingerprint density at radius 2 is 2.30 bits per heavy atom. The Morgan fingerprint density at radius 1 is 1.60 bits per heavy atom. The topological polar surface area (TPSA) is 43.4 Å². The minimum atomic E-state index is -3.45. The third kappa shape index (κ3) is 1.22. The van der Waals surface area contributed by atoms with Gasteiger partial charge in [-0.25, -0.2) is 8.42 Å². The first kappa shape index (κ1) is 7.37. The van der Waals surface area contributed by atoms with Crippen molar-refractivity contribution in [3.8, 4) is 0 Å². The first-order valence-electron chi connectivity index (χ1n) is 2.69. The van der Waals surface area contributed by atoms with Crippen molar-refractivity contribution >= 4 is 10.1 Å². The number of rotatable bonds is 2. The molecule has 0 fully saturated rings. The van der Waals surface area contributed by atoms with Crippen LogP contribution >= 0.6 is 0 Å². The molecule has 0 aromatic heterocycles. The van der Waals surface area contributed by atoms with Gasteiger partial charge in [-0.2, -0.15) is 24.3 Å². The molecule has 0 aliphatic carbocycles. The maximum Gasteiger partial charge on any atom is 0.238 e. The quantitative estimate of drug-likeness (QED) is 0.472. The largest absolute Gasteiger partial charge is 0.280 e.